The predicted molar refractivity (Wildman–Crippen MR) is 138 cm³/mol. The third-order valence-corrected chi connectivity index (χ3v) is 7.38. The Morgan fingerprint density at radius 2 is 2.08 bits per heavy atom. The van der Waals surface area contributed by atoms with E-state index < -0.39 is 0 Å². The molecule has 0 bridgehead atoms. The number of nitrogens with one attached hydrogen (secondary N) is 2. The Morgan fingerprint density at radius 1 is 1.16 bits per heavy atom. The summed E-state index contributed by atoms with van der Waals surface area (Å²) in [7, 11) is 0. The van der Waals surface area contributed by atoms with Gasteiger partial charge in [-0.1, -0.05) is 25.1 Å². The molecule has 182 valence electrons. The van der Waals surface area contributed by atoms with Crippen LogP contribution in [0.3, 0.4) is 0 Å². The highest BCUT2D eigenvalue weighted by atomic mass is 19.1. The van der Waals surface area contributed by atoms with E-state index in [1.54, 1.807) is 18.7 Å². The quantitative estimate of drug-likeness (QED) is 0.541. The highest BCUT2D eigenvalue weighted by molar-refractivity contribution is 6.16. The molecule has 3 atom stereocenters. The molecule has 8 rings (SSSR count). The van der Waals surface area contributed by atoms with E-state index in [9.17, 15) is 0 Å². The predicted octanol–water partition coefficient (Wildman–Crippen LogP) is 4.03. The van der Waals surface area contributed by atoms with Crippen molar-refractivity contribution in [3.63, 3.8) is 0 Å². The molecule has 3 aliphatic heterocycles. The molecule has 6 heterocycles. The maximum Gasteiger partial charge on any atom is 0.157 e. The summed E-state index contributed by atoms with van der Waals surface area (Å²) in [5.74, 6) is 0.320. The monoisotopic (exact) mass is 490 g/mol. The van der Waals surface area contributed by atoms with Crippen molar-refractivity contribution in [3.05, 3.63) is 113 Å². The SMILES string of the molecule is Cc1cn(C2=CC=C3NC3c3[nH]c(C4=NC5CN5C5=C[C@@H](C)C=C(c6cccnc6)C(F)=C54)nc32)cn1. The molecular weight excluding hydrogens is 467 g/mol. The van der Waals surface area contributed by atoms with Gasteiger partial charge in [0.25, 0.3) is 0 Å². The summed E-state index contributed by atoms with van der Waals surface area (Å²) < 4.78 is 18.5. The van der Waals surface area contributed by atoms with Crippen LogP contribution in [0.4, 0.5) is 4.39 Å². The van der Waals surface area contributed by atoms with E-state index in [0.29, 0.717) is 22.7 Å². The van der Waals surface area contributed by atoms with Crippen molar-refractivity contribution in [2.75, 3.05) is 6.54 Å². The number of aromatic nitrogens is 5. The van der Waals surface area contributed by atoms with Gasteiger partial charge in [0.15, 0.2) is 5.82 Å². The third-order valence-electron chi connectivity index (χ3n) is 7.38. The van der Waals surface area contributed by atoms with E-state index in [-0.39, 0.29) is 24.0 Å². The molecule has 37 heavy (non-hydrogen) atoms. The van der Waals surface area contributed by atoms with Crippen LogP contribution in [0, 0.1) is 12.8 Å². The van der Waals surface area contributed by atoms with E-state index in [4.69, 9.17) is 9.98 Å². The van der Waals surface area contributed by atoms with Gasteiger partial charge in [-0.15, -0.1) is 0 Å². The van der Waals surface area contributed by atoms with Crippen LogP contribution >= 0.6 is 0 Å². The summed E-state index contributed by atoms with van der Waals surface area (Å²) in [5.41, 5.74) is 7.94. The van der Waals surface area contributed by atoms with Crippen LogP contribution in [0.15, 0.2) is 89.1 Å². The molecular formula is C28H23FN8. The van der Waals surface area contributed by atoms with Gasteiger partial charge in [0, 0.05) is 41.1 Å². The molecule has 8 nitrogen and oxygen atoms in total. The Labute approximate surface area is 212 Å². The number of imidazole rings is 2. The number of hydrogen-bond donors (Lipinski definition) is 2. The molecule has 3 aromatic heterocycles. The first kappa shape index (κ1) is 20.6. The summed E-state index contributed by atoms with van der Waals surface area (Å²) >= 11 is 0. The number of pyridine rings is 1. The molecule has 5 aliphatic rings. The zero-order chi connectivity index (χ0) is 24.8. The maximum absolute atomic E-state index is 16.6. The van der Waals surface area contributed by atoms with Crippen molar-refractivity contribution in [2.45, 2.75) is 26.1 Å². The average molecular weight is 491 g/mol. The summed E-state index contributed by atoms with van der Waals surface area (Å²) in [6.45, 7) is 4.82. The molecule has 2 N–H and O–H groups in total. The summed E-state index contributed by atoms with van der Waals surface area (Å²) in [6.07, 6.45) is 15.4. The van der Waals surface area contributed by atoms with Gasteiger partial charge in [0.1, 0.15) is 29.4 Å². The average Bonchev–Trinajstić information content (AvgIpc) is 3.78. The van der Waals surface area contributed by atoms with E-state index in [2.05, 4.69) is 44.2 Å². The highest BCUT2D eigenvalue weighted by Crippen LogP contribution is 2.45. The first-order chi connectivity index (χ1) is 18.0. The zero-order valence-electron chi connectivity index (χ0n) is 20.3. The van der Waals surface area contributed by atoms with Gasteiger partial charge < -0.3 is 19.8 Å². The number of aromatic amines is 1. The van der Waals surface area contributed by atoms with Gasteiger partial charge >= 0.3 is 0 Å². The number of hydrogen-bond acceptors (Lipinski definition) is 6. The molecule has 3 aromatic rings. The third kappa shape index (κ3) is 3.13. The fraction of sp³-hybridized carbons (Fsp3) is 0.214. The van der Waals surface area contributed by atoms with E-state index in [1.165, 1.54) is 0 Å². The van der Waals surface area contributed by atoms with Gasteiger partial charge in [-0.2, -0.15) is 0 Å². The Bertz CT molecular complexity index is 1680. The lowest BCUT2D eigenvalue weighted by atomic mass is 9.98. The topological polar surface area (TPSA) is 96.7 Å². The minimum atomic E-state index is -0.301. The molecule has 0 radical (unpaired) electrons. The van der Waals surface area contributed by atoms with E-state index in [1.807, 2.05) is 42.0 Å². The zero-order valence-corrected chi connectivity index (χ0v) is 20.3. The lowest BCUT2D eigenvalue weighted by Crippen LogP contribution is -2.22. The van der Waals surface area contributed by atoms with Crippen LogP contribution in [0.25, 0.3) is 11.3 Å². The van der Waals surface area contributed by atoms with Gasteiger partial charge in [-0.25, -0.2) is 14.4 Å². The second-order valence-electron chi connectivity index (χ2n) is 10.1. The van der Waals surface area contributed by atoms with Crippen LogP contribution in [0.5, 0.6) is 0 Å². The first-order valence-electron chi connectivity index (χ1n) is 12.4. The number of allylic oxidation sites excluding steroid dienone is 7. The molecule has 2 aliphatic carbocycles. The highest BCUT2D eigenvalue weighted by Gasteiger charge is 2.46. The fourth-order valence-electron chi connectivity index (χ4n) is 5.47. The van der Waals surface area contributed by atoms with Crippen molar-refractivity contribution in [3.8, 4) is 0 Å². The molecule has 0 amide bonds. The van der Waals surface area contributed by atoms with Gasteiger partial charge in [-0.05, 0) is 31.1 Å². The lowest BCUT2D eigenvalue weighted by molar-refractivity contribution is 0.605. The Hall–Kier alpha value is -4.53. The van der Waals surface area contributed by atoms with Crippen molar-refractivity contribution in [1.29, 1.82) is 0 Å². The second kappa shape index (κ2) is 7.25. The second-order valence-corrected chi connectivity index (χ2v) is 10.1. The Kier molecular flexibility index (Phi) is 4.05. The molecule has 0 aromatic carbocycles. The smallest absolute Gasteiger partial charge is 0.157 e. The number of fused-ring (bicyclic) bond motifs is 6. The molecule has 2 fully saturated rings. The normalized spacial score (nSPS) is 25.1. The Morgan fingerprint density at radius 3 is 2.89 bits per heavy atom. The van der Waals surface area contributed by atoms with Crippen molar-refractivity contribution in [2.24, 2.45) is 10.9 Å². The minimum absolute atomic E-state index is 0.00988. The molecule has 0 saturated carbocycles. The summed E-state index contributed by atoms with van der Waals surface area (Å²) in [4.78, 5) is 24.3. The summed E-state index contributed by atoms with van der Waals surface area (Å²) in [6, 6.07) is 3.78. The largest absolute Gasteiger partial charge is 0.373 e. The number of aryl methyl sites for hydroxylation is 1. The van der Waals surface area contributed by atoms with Gasteiger partial charge in [0.05, 0.1) is 35.5 Å². The minimum Gasteiger partial charge on any atom is -0.373 e. The number of rotatable bonds is 3. The molecule has 2 unspecified atom stereocenters. The maximum atomic E-state index is 16.6. The number of nitrogens with zero attached hydrogens (tertiary/aromatic N) is 6. The number of H-pyrrole nitrogens is 1. The standard InChI is InChI=1S/C28H23FN8/c1-14-8-17(16-4-3-7-30-10-16)23(29)22-20(9-14)37-12-21(37)33-26(22)28-34-25-19(36-11-15(2)31-13-36)6-5-18-24(32-18)27(25)35-28/h3-11,13-14,21,24,32H,12H2,1-2H3,(H,34,35)/t14-,21?,24?,37?/m0/s1. The molecule has 0 spiro atoms. The van der Waals surface area contributed by atoms with Gasteiger partial charge in [-0.3, -0.25) is 9.98 Å². The van der Waals surface area contributed by atoms with E-state index in [0.717, 1.165) is 46.3 Å². The van der Waals surface area contributed by atoms with Crippen LogP contribution in [-0.4, -0.2) is 47.8 Å². The molecule has 9 heteroatoms. The van der Waals surface area contributed by atoms with Crippen LogP contribution in [0.1, 0.15) is 41.4 Å². The van der Waals surface area contributed by atoms with Crippen molar-refractivity contribution >= 4 is 17.0 Å². The first-order valence-corrected chi connectivity index (χ1v) is 12.4. The van der Waals surface area contributed by atoms with Crippen LogP contribution < -0.4 is 5.32 Å². The van der Waals surface area contributed by atoms with Crippen LogP contribution in [-0.2, 0) is 0 Å². The fourth-order valence-corrected chi connectivity index (χ4v) is 5.47. The van der Waals surface area contributed by atoms with Gasteiger partial charge in [0.2, 0.25) is 0 Å². The van der Waals surface area contributed by atoms with Crippen molar-refractivity contribution < 1.29 is 4.39 Å². The van der Waals surface area contributed by atoms with Crippen LogP contribution in [0.2, 0.25) is 0 Å². The number of aliphatic imine (C=N–C) groups is 1. The van der Waals surface area contributed by atoms with E-state index >= 15 is 4.39 Å². The van der Waals surface area contributed by atoms with Crippen molar-refractivity contribution in [1.82, 2.24) is 34.7 Å². The molecule has 2 saturated heterocycles. The number of halogens is 1. The lowest BCUT2D eigenvalue weighted by Gasteiger charge is -2.21. The summed E-state index contributed by atoms with van der Waals surface area (Å²) in [5, 5.41) is 3.41. The Balaban J connectivity index is 1.30.